The van der Waals surface area contributed by atoms with Gasteiger partial charge < -0.3 is 10.6 Å². The topological polar surface area (TPSA) is 64.9 Å². The lowest BCUT2D eigenvalue weighted by atomic mass is 10.1. The van der Waals surface area contributed by atoms with Gasteiger partial charge in [0.15, 0.2) is 0 Å². The molecule has 5 heteroatoms. The number of nitrogens with one attached hydrogen (secondary N) is 2. The van der Waals surface area contributed by atoms with Crippen LogP contribution in [0.4, 0.5) is 15.8 Å². The fraction of sp³-hybridized carbons (Fsp3) is 0.125. The van der Waals surface area contributed by atoms with Crippen molar-refractivity contribution in [3.63, 3.8) is 0 Å². The predicted octanol–water partition coefficient (Wildman–Crippen LogP) is 3.46. The first-order chi connectivity index (χ1) is 10.1. The summed E-state index contributed by atoms with van der Waals surface area (Å²) in [5, 5.41) is 14.7. The molecular formula is C16H14FN3O. The van der Waals surface area contributed by atoms with E-state index in [9.17, 15) is 14.4 Å². The molecule has 0 aliphatic carbocycles. The van der Waals surface area contributed by atoms with Gasteiger partial charge in [-0.3, -0.25) is 4.79 Å². The summed E-state index contributed by atoms with van der Waals surface area (Å²) in [6.45, 7) is 1.42. The van der Waals surface area contributed by atoms with Crippen molar-refractivity contribution in [1.29, 1.82) is 5.26 Å². The minimum absolute atomic E-state index is 0.163. The fourth-order valence-corrected chi connectivity index (χ4v) is 1.89. The van der Waals surface area contributed by atoms with Crippen LogP contribution in [0.2, 0.25) is 0 Å². The van der Waals surface area contributed by atoms with Crippen molar-refractivity contribution in [2.75, 3.05) is 10.6 Å². The second kappa shape index (κ2) is 6.53. The minimum atomic E-state index is -0.673. The van der Waals surface area contributed by atoms with Crippen LogP contribution in [0.5, 0.6) is 0 Å². The molecule has 0 saturated heterocycles. The SMILES string of the molecule is CC(=O)Nc1ccc(C(C#N)Nc2ccccc2F)cc1. The van der Waals surface area contributed by atoms with Gasteiger partial charge in [0.25, 0.3) is 0 Å². The van der Waals surface area contributed by atoms with Crippen molar-refractivity contribution in [2.45, 2.75) is 13.0 Å². The normalized spacial score (nSPS) is 11.3. The van der Waals surface area contributed by atoms with Crippen LogP contribution in [0.1, 0.15) is 18.5 Å². The maximum Gasteiger partial charge on any atom is 0.221 e. The Balaban J connectivity index is 2.16. The first-order valence-electron chi connectivity index (χ1n) is 6.38. The Bertz CT molecular complexity index is 677. The quantitative estimate of drug-likeness (QED) is 0.903. The number of carbonyl (C=O) groups excluding carboxylic acids is 1. The highest BCUT2D eigenvalue weighted by atomic mass is 19.1. The highest BCUT2D eigenvalue weighted by molar-refractivity contribution is 5.88. The number of amides is 1. The lowest BCUT2D eigenvalue weighted by Gasteiger charge is -2.14. The molecule has 4 nitrogen and oxygen atoms in total. The molecule has 0 spiro atoms. The Hall–Kier alpha value is -2.87. The summed E-state index contributed by atoms with van der Waals surface area (Å²) in [4.78, 5) is 10.9. The van der Waals surface area contributed by atoms with Gasteiger partial charge in [-0.1, -0.05) is 24.3 Å². The van der Waals surface area contributed by atoms with Gasteiger partial charge in [0.2, 0.25) is 5.91 Å². The molecule has 106 valence electrons. The van der Waals surface area contributed by atoms with E-state index in [-0.39, 0.29) is 11.6 Å². The van der Waals surface area contributed by atoms with Crippen LogP contribution < -0.4 is 10.6 Å². The Morgan fingerprint density at radius 3 is 2.43 bits per heavy atom. The molecule has 0 fully saturated rings. The molecule has 1 unspecified atom stereocenters. The zero-order chi connectivity index (χ0) is 15.2. The third-order valence-corrected chi connectivity index (χ3v) is 2.87. The summed E-state index contributed by atoms with van der Waals surface area (Å²) >= 11 is 0. The molecule has 2 aromatic carbocycles. The van der Waals surface area contributed by atoms with E-state index >= 15 is 0 Å². The van der Waals surface area contributed by atoms with E-state index in [2.05, 4.69) is 16.7 Å². The van der Waals surface area contributed by atoms with Gasteiger partial charge in [0.05, 0.1) is 11.8 Å². The number of rotatable bonds is 4. The maximum absolute atomic E-state index is 13.6. The van der Waals surface area contributed by atoms with Crippen molar-refractivity contribution >= 4 is 17.3 Å². The lowest BCUT2D eigenvalue weighted by Crippen LogP contribution is -2.10. The molecule has 2 rings (SSSR count). The van der Waals surface area contributed by atoms with E-state index in [0.717, 1.165) is 0 Å². The fourth-order valence-electron chi connectivity index (χ4n) is 1.89. The summed E-state index contributed by atoms with van der Waals surface area (Å²) in [6.07, 6.45) is 0. The molecule has 0 radical (unpaired) electrons. The van der Waals surface area contributed by atoms with E-state index in [1.807, 2.05) is 0 Å². The highest BCUT2D eigenvalue weighted by Gasteiger charge is 2.12. The second-order valence-corrected chi connectivity index (χ2v) is 4.49. The summed E-state index contributed by atoms with van der Waals surface area (Å²) in [7, 11) is 0. The summed E-state index contributed by atoms with van der Waals surface area (Å²) in [6, 6.07) is 14.4. The molecule has 2 N–H and O–H groups in total. The number of nitrogens with zero attached hydrogens (tertiary/aromatic N) is 1. The van der Waals surface area contributed by atoms with E-state index in [1.165, 1.54) is 13.0 Å². The molecule has 1 atom stereocenters. The van der Waals surface area contributed by atoms with Gasteiger partial charge in [0, 0.05) is 12.6 Å². The van der Waals surface area contributed by atoms with Crippen LogP contribution in [0.25, 0.3) is 0 Å². The van der Waals surface area contributed by atoms with E-state index in [0.29, 0.717) is 11.3 Å². The van der Waals surface area contributed by atoms with Crippen molar-refractivity contribution < 1.29 is 9.18 Å². The van der Waals surface area contributed by atoms with Crippen LogP contribution in [0.15, 0.2) is 48.5 Å². The van der Waals surface area contributed by atoms with Crippen molar-refractivity contribution in [2.24, 2.45) is 0 Å². The minimum Gasteiger partial charge on any atom is -0.364 e. The van der Waals surface area contributed by atoms with Crippen molar-refractivity contribution in [3.8, 4) is 6.07 Å². The van der Waals surface area contributed by atoms with Crippen molar-refractivity contribution in [1.82, 2.24) is 0 Å². The molecule has 0 aromatic heterocycles. The van der Waals surface area contributed by atoms with Crippen LogP contribution in [0, 0.1) is 17.1 Å². The number of carbonyl (C=O) groups is 1. The van der Waals surface area contributed by atoms with Gasteiger partial charge in [-0.25, -0.2) is 4.39 Å². The Morgan fingerprint density at radius 2 is 1.86 bits per heavy atom. The molecule has 0 heterocycles. The molecule has 21 heavy (non-hydrogen) atoms. The number of anilines is 2. The van der Waals surface area contributed by atoms with Crippen LogP contribution in [0.3, 0.4) is 0 Å². The second-order valence-electron chi connectivity index (χ2n) is 4.49. The van der Waals surface area contributed by atoms with Gasteiger partial charge in [-0.15, -0.1) is 0 Å². The molecule has 0 aliphatic rings. The molecule has 0 saturated carbocycles. The number of para-hydroxylation sites is 1. The van der Waals surface area contributed by atoms with Gasteiger partial charge in [0.1, 0.15) is 11.9 Å². The monoisotopic (exact) mass is 283 g/mol. The molecule has 0 aliphatic heterocycles. The van der Waals surface area contributed by atoms with Crippen LogP contribution in [-0.4, -0.2) is 5.91 Å². The Kier molecular flexibility index (Phi) is 4.52. The number of nitriles is 1. The third kappa shape index (κ3) is 3.80. The average Bonchev–Trinajstić information content (AvgIpc) is 2.47. The third-order valence-electron chi connectivity index (χ3n) is 2.87. The summed E-state index contributed by atoms with van der Waals surface area (Å²) < 4.78 is 13.6. The predicted molar refractivity (Wildman–Crippen MR) is 79.1 cm³/mol. The van der Waals surface area contributed by atoms with Crippen molar-refractivity contribution in [3.05, 3.63) is 59.9 Å². The Labute approximate surface area is 122 Å². The highest BCUT2D eigenvalue weighted by Crippen LogP contribution is 2.22. The molecule has 1 amide bonds. The summed E-state index contributed by atoms with van der Waals surface area (Å²) in [5.41, 5.74) is 1.61. The Morgan fingerprint density at radius 1 is 1.19 bits per heavy atom. The molecule has 2 aromatic rings. The standard InChI is InChI=1S/C16H14FN3O/c1-11(21)19-13-8-6-12(7-9-13)16(10-18)20-15-5-3-2-4-14(15)17/h2-9,16,20H,1H3,(H,19,21). The van der Waals surface area contributed by atoms with Gasteiger partial charge >= 0.3 is 0 Å². The lowest BCUT2D eigenvalue weighted by molar-refractivity contribution is -0.114. The van der Waals surface area contributed by atoms with Gasteiger partial charge in [-0.2, -0.15) is 5.26 Å². The number of hydrogen-bond donors (Lipinski definition) is 2. The smallest absolute Gasteiger partial charge is 0.221 e. The number of halogens is 1. The zero-order valence-corrected chi connectivity index (χ0v) is 11.4. The first-order valence-corrected chi connectivity index (χ1v) is 6.38. The van der Waals surface area contributed by atoms with Gasteiger partial charge in [-0.05, 0) is 29.8 Å². The average molecular weight is 283 g/mol. The number of benzene rings is 2. The molecular weight excluding hydrogens is 269 g/mol. The van der Waals surface area contributed by atoms with E-state index in [4.69, 9.17) is 0 Å². The van der Waals surface area contributed by atoms with Crippen LogP contribution in [-0.2, 0) is 4.79 Å². The first kappa shape index (κ1) is 14.5. The largest absolute Gasteiger partial charge is 0.364 e. The van der Waals surface area contributed by atoms with E-state index in [1.54, 1.807) is 42.5 Å². The molecule has 0 bridgehead atoms. The van der Waals surface area contributed by atoms with E-state index < -0.39 is 11.9 Å². The number of hydrogen-bond acceptors (Lipinski definition) is 3. The van der Waals surface area contributed by atoms with Crippen LogP contribution >= 0.6 is 0 Å². The summed E-state index contributed by atoms with van der Waals surface area (Å²) in [5.74, 6) is -0.573. The zero-order valence-electron chi connectivity index (χ0n) is 11.4. The maximum atomic E-state index is 13.6.